The zero-order valence-corrected chi connectivity index (χ0v) is 18.5. The van der Waals surface area contributed by atoms with Crippen LogP contribution in [0.15, 0.2) is 29.8 Å². The maximum atomic E-state index is 5.64. The van der Waals surface area contributed by atoms with Crippen molar-refractivity contribution < 1.29 is 9.47 Å². The van der Waals surface area contributed by atoms with Crippen molar-refractivity contribution in [3.8, 4) is 22.8 Å². The van der Waals surface area contributed by atoms with Crippen LogP contribution in [0.3, 0.4) is 0 Å². The first-order valence-electron chi connectivity index (χ1n) is 10.4. The fourth-order valence-electron chi connectivity index (χ4n) is 6.67. The second kappa shape index (κ2) is 6.92. The van der Waals surface area contributed by atoms with Crippen LogP contribution in [0, 0.1) is 17.8 Å². The summed E-state index contributed by atoms with van der Waals surface area (Å²) in [6.45, 7) is 0. The van der Waals surface area contributed by atoms with E-state index in [0.29, 0.717) is 5.41 Å². The summed E-state index contributed by atoms with van der Waals surface area (Å²) in [4.78, 5) is 6.24. The summed E-state index contributed by atoms with van der Waals surface area (Å²) in [5.74, 6) is 4.51. The summed E-state index contributed by atoms with van der Waals surface area (Å²) >= 11 is 1.72. The molecule has 0 amide bonds. The molecular weight excluding hydrogens is 404 g/mol. The predicted molar refractivity (Wildman–Crippen MR) is 119 cm³/mol. The summed E-state index contributed by atoms with van der Waals surface area (Å²) < 4.78 is 13.4. The van der Waals surface area contributed by atoms with Gasteiger partial charge in [0.1, 0.15) is 11.5 Å². The monoisotopic (exact) mass is 430 g/mol. The van der Waals surface area contributed by atoms with Crippen LogP contribution >= 0.6 is 23.7 Å². The van der Waals surface area contributed by atoms with E-state index in [2.05, 4.69) is 22.0 Å². The van der Waals surface area contributed by atoms with Crippen LogP contribution < -0.4 is 9.47 Å². The van der Waals surface area contributed by atoms with Crippen molar-refractivity contribution >= 4 is 28.7 Å². The average molecular weight is 431 g/mol. The molecular formula is C23H27ClN2O2S. The minimum absolute atomic E-state index is 0. The van der Waals surface area contributed by atoms with Crippen LogP contribution in [0.4, 0.5) is 0 Å². The predicted octanol–water partition coefficient (Wildman–Crippen LogP) is 5.97. The molecule has 4 nitrogen and oxygen atoms in total. The number of halogens is 1. The van der Waals surface area contributed by atoms with Crippen LogP contribution in [0.5, 0.6) is 11.5 Å². The Morgan fingerprint density at radius 1 is 1.03 bits per heavy atom. The van der Waals surface area contributed by atoms with Gasteiger partial charge in [-0.25, -0.2) is 4.98 Å². The molecule has 7 rings (SSSR count). The van der Waals surface area contributed by atoms with Gasteiger partial charge in [0.05, 0.1) is 25.6 Å². The van der Waals surface area contributed by atoms with Gasteiger partial charge in [-0.05, 0) is 74.5 Å². The third-order valence-corrected chi connectivity index (χ3v) is 8.31. The number of hydrogen-bond donors (Lipinski definition) is 0. The Hall–Kier alpha value is -1.72. The largest absolute Gasteiger partial charge is 0.497 e. The van der Waals surface area contributed by atoms with Crippen molar-refractivity contribution in [3.05, 3.63) is 35.5 Å². The zero-order valence-electron chi connectivity index (χ0n) is 16.9. The van der Waals surface area contributed by atoms with Crippen LogP contribution in [-0.2, 0) is 5.41 Å². The van der Waals surface area contributed by atoms with Crippen molar-refractivity contribution in [2.45, 2.75) is 43.9 Å². The number of methoxy groups -OCH3 is 2. The van der Waals surface area contributed by atoms with Gasteiger partial charge in [0.25, 0.3) is 0 Å². The SMILES string of the molecule is COc1ccc(OC)c(-c2csc3nc(C45CC6CC(CC(C6)C4)C5)cn23)c1.Cl. The molecule has 29 heavy (non-hydrogen) atoms. The standard InChI is InChI=1S/C23H26N2O2S.ClH/c1-26-17-3-4-20(27-2)18(8-17)19-13-28-22-24-21(12-25(19)22)23-9-14-5-15(10-23)7-16(6-14)11-23;/h3-4,8,12-16H,5-7,9-11H2,1-2H3;1H. The third-order valence-electron chi connectivity index (χ3n) is 7.47. The lowest BCUT2D eigenvalue weighted by Gasteiger charge is -2.56. The Morgan fingerprint density at radius 2 is 1.72 bits per heavy atom. The lowest BCUT2D eigenvalue weighted by Crippen LogP contribution is -2.48. The number of benzene rings is 1. The minimum atomic E-state index is 0. The first-order valence-corrected chi connectivity index (χ1v) is 11.2. The first-order chi connectivity index (χ1) is 13.7. The molecule has 4 bridgehead atoms. The zero-order chi connectivity index (χ0) is 18.9. The number of nitrogens with zero attached hydrogens (tertiary/aromatic N) is 2. The Labute approximate surface area is 181 Å². The van der Waals surface area contributed by atoms with E-state index in [9.17, 15) is 0 Å². The molecule has 0 aliphatic heterocycles. The van der Waals surface area contributed by atoms with Gasteiger partial charge in [-0.2, -0.15) is 0 Å². The smallest absolute Gasteiger partial charge is 0.194 e. The van der Waals surface area contributed by atoms with E-state index in [1.807, 2.05) is 12.1 Å². The van der Waals surface area contributed by atoms with Crippen LogP contribution in [0.25, 0.3) is 16.2 Å². The highest BCUT2D eigenvalue weighted by Crippen LogP contribution is 2.60. The van der Waals surface area contributed by atoms with Crippen LogP contribution in [-0.4, -0.2) is 23.6 Å². The number of imidazole rings is 1. The Morgan fingerprint density at radius 3 is 2.34 bits per heavy atom. The molecule has 2 heterocycles. The number of hydrogen-bond acceptors (Lipinski definition) is 4. The molecule has 4 fully saturated rings. The van der Waals surface area contributed by atoms with Gasteiger partial charge >= 0.3 is 0 Å². The molecule has 1 aromatic carbocycles. The molecule has 0 atom stereocenters. The lowest BCUT2D eigenvalue weighted by molar-refractivity contribution is -0.00696. The van der Waals surface area contributed by atoms with Gasteiger partial charge in [-0.1, -0.05) is 0 Å². The minimum Gasteiger partial charge on any atom is -0.497 e. The molecule has 0 unspecified atom stereocenters. The average Bonchev–Trinajstić information content (AvgIpc) is 3.28. The second-order valence-corrected chi connectivity index (χ2v) is 10.0. The molecule has 0 saturated heterocycles. The Bertz CT molecular complexity index is 1020. The second-order valence-electron chi connectivity index (χ2n) is 9.16. The fraction of sp³-hybridized carbons (Fsp3) is 0.522. The molecule has 4 aliphatic rings. The van der Waals surface area contributed by atoms with Gasteiger partial charge in [0.15, 0.2) is 4.96 Å². The number of thiazole rings is 1. The van der Waals surface area contributed by atoms with E-state index in [-0.39, 0.29) is 12.4 Å². The maximum Gasteiger partial charge on any atom is 0.194 e. The molecule has 2 aromatic heterocycles. The summed E-state index contributed by atoms with van der Waals surface area (Å²) in [5, 5.41) is 2.18. The third kappa shape index (κ3) is 2.89. The van der Waals surface area contributed by atoms with E-state index in [1.54, 1.807) is 25.6 Å². The Balaban J connectivity index is 0.00000181. The first kappa shape index (κ1) is 19.3. The van der Waals surface area contributed by atoms with Crippen molar-refractivity contribution in [1.29, 1.82) is 0 Å². The normalized spacial score (nSPS) is 29.8. The highest BCUT2D eigenvalue weighted by molar-refractivity contribution is 7.15. The molecule has 3 aromatic rings. The molecule has 4 aliphatic carbocycles. The summed E-state index contributed by atoms with van der Waals surface area (Å²) in [5.41, 5.74) is 3.86. The molecule has 6 heteroatoms. The van der Waals surface area contributed by atoms with Crippen molar-refractivity contribution in [2.75, 3.05) is 14.2 Å². The number of rotatable bonds is 4. The van der Waals surface area contributed by atoms with Gasteiger partial charge in [-0.3, -0.25) is 4.40 Å². The summed E-state index contributed by atoms with van der Waals surface area (Å²) in [7, 11) is 3.43. The molecule has 0 spiro atoms. The van der Waals surface area contributed by atoms with Crippen molar-refractivity contribution in [3.63, 3.8) is 0 Å². The summed E-state index contributed by atoms with van der Waals surface area (Å²) in [6, 6.07) is 5.99. The molecule has 154 valence electrons. The van der Waals surface area contributed by atoms with Gasteiger partial charge < -0.3 is 9.47 Å². The fourth-order valence-corrected chi connectivity index (χ4v) is 7.54. The van der Waals surface area contributed by atoms with E-state index in [0.717, 1.165) is 45.5 Å². The molecule has 0 radical (unpaired) electrons. The maximum absolute atomic E-state index is 5.64. The van der Waals surface area contributed by atoms with E-state index >= 15 is 0 Å². The number of fused-ring (bicyclic) bond motifs is 1. The lowest BCUT2D eigenvalue weighted by atomic mass is 9.49. The summed E-state index contributed by atoms with van der Waals surface area (Å²) in [6.07, 6.45) is 10.8. The highest BCUT2D eigenvalue weighted by atomic mass is 35.5. The van der Waals surface area contributed by atoms with E-state index < -0.39 is 0 Å². The van der Waals surface area contributed by atoms with Crippen molar-refractivity contribution in [2.24, 2.45) is 17.8 Å². The topological polar surface area (TPSA) is 35.8 Å². The highest BCUT2D eigenvalue weighted by Gasteiger charge is 2.52. The van der Waals surface area contributed by atoms with E-state index in [1.165, 1.54) is 44.2 Å². The van der Waals surface area contributed by atoms with E-state index in [4.69, 9.17) is 14.5 Å². The van der Waals surface area contributed by atoms with Crippen LogP contribution in [0.2, 0.25) is 0 Å². The number of ether oxygens (including phenoxy) is 2. The number of aromatic nitrogens is 2. The quantitative estimate of drug-likeness (QED) is 0.511. The van der Waals surface area contributed by atoms with Gasteiger partial charge in [0.2, 0.25) is 0 Å². The van der Waals surface area contributed by atoms with Gasteiger partial charge in [0, 0.05) is 22.6 Å². The van der Waals surface area contributed by atoms with Crippen molar-refractivity contribution in [1.82, 2.24) is 9.38 Å². The molecule has 4 saturated carbocycles. The Kier molecular flexibility index (Phi) is 4.59. The van der Waals surface area contributed by atoms with Crippen LogP contribution in [0.1, 0.15) is 44.2 Å². The molecule has 0 N–H and O–H groups in total. The van der Waals surface area contributed by atoms with Gasteiger partial charge in [-0.15, -0.1) is 23.7 Å².